The van der Waals surface area contributed by atoms with Gasteiger partial charge in [-0.25, -0.2) is 0 Å². The molecule has 0 bridgehead atoms. The van der Waals surface area contributed by atoms with E-state index in [9.17, 15) is 0 Å². The Morgan fingerprint density at radius 2 is 2.40 bits per heavy atom. The Morgan fingerprint density at radius 3 is 3.20 bits per heavy atom. The second-order valence-electron chi connectivity index (χ2n) is 3.73. The maximum absolute atomic E-state index is 8.80. The van der Waals surface area contributed by atoms with Crippen molar-refractivity contribution < 1.29 is 4.74 Å². The zero-order valence-corrected chi connectivity index (χ0v) is 9.96. The Balaban J connectivity index is 2.38. The Labute approximate surface area is 98.0 Å². The fraction of sp³-hybridized carbons (Fsp3) is 0.417. The van der Waals surface area contributed by atoms with Gasteiger partial charge in [0.05, 0.1) is 12.7 Å². The first kappa shape index (κ1) is 10.5. The Hall–Kier alpha value is -1.01. The summed E-state index contributed by atoms with van der Waals surface area (Å²) < 4.78 is 6.70. The molecule has 1 aromatic carbocycles. The van der Waals surface area contributed by atoms with Gasteiger partial charge < -0.3 is 4.74 Å². The van der Waals surface area contributed by atoms with Gasteiger partial charge in [-0.05, 0) is 36.6 Å². The number of halogens is 1. The molecule has 1 aliphatic rings. The summed E-state index contributed by atoms with van der Waals surface area (Å²) in [5.74, 6) is 1.26. The standard InChI is InChI=1S/C12H12BrNO/c13-10-3-4-12-11(8-10)9(5-6-14)2-1-7-15-12/h3-4,8-9H,1-2,5,7H2. The van der Waals surface area contributed by atoms with Gasteiger partial charge in [-0.15, -0.1) is 0 Å². The SMILES string of the molecule is N#CCC1CCCOc2ccc(Br)cc21. The third-order valence-corrected chi connectivity index (χ3v) is 3.20. The first-order valence-corrected chi connectivity index (χ1v) is 5.90. The minimum Gasteiger partial charge on any atom is -0.493 e. The molecule has 1 heterocycles. The highest BCUT2D eigenvalue weighted by Crippen LogP contribution is 2.36. The molecule has 0 spiro atoms. The molecule has 0 saturated heterocycles. The Bertz CT molecular complexity index is 397. The molecule has 15 heavy (non-hydrogen) atoms. The smallest absolute Gasteiger partial charge is 0.122 e. The number of benzene rings is 1. The molecule has 0 saturated carbocycles. The van der Waals surface area contributed by atoms with Crippen LogP contribution in [-0.2, 0) is 0 Å². The molecule has 2 rings (SSSR count). The lowest BCUT2D eigenvalue weighted by atomic mass is 9.92. The average Bonchev–Trinajstić information content (AvgIpc) is 2.42. The number of nitriles is 1. The summed E-state index contributed by atoms with van der Waals surface area (Å²) in [6.45, 7) is 0.760. The quantitative estimate of drug-likeness (QED) is 0.777. The van der Waals surface area contributed by atoms with Crippen molar-refractivity contribution in [3.8, 4) is 11.8 Å². The summed E-state index contributed by atoms with van der Waals surface area (Å²) >= 11 is 3.46. The maximum Gasteiger partial charge on any atom is 0.122 e. The lowest BCUT2D eigenvalue weighted by Crippen LogP contribution is -1.97. The van der Waals surface area contributed by atoms with Crippen molar-refractivity contribution in [2.75, 3.05) is 6.61 Å². The normalized spacial score (nSPS) is 19.6. The molecule has 0 radical (unpaired) electrons. The highest BCUT2D eigenvalue weighted by molar-refractivity contribution is 9.10. The summed E-state index contributed by atoms with van der Waals surface area (Å²) in [5, 5.41) is 8.80. The zero-order chi connectivity index (χ0) is 10.7. The highest BCUT2D eigenvalue weighted by Gasteiger charge is 2.19. The van der Waals surface area contributed by atoms with E-state index >= 15 is 0 Å². The lowest BCUT2D eigenvalue weighted by molar-refractivity contribution is 0.316. The first-order chi connectivity index (χ1) is 7.31. The van der Waals surface area contributed by atoms with E-state index in [4.69, 9.17) is 10.00 Å². The number of rotatable bonds is 1. The minimum atomic E-state index is 0.324. The fourth-order valence-electron chi connectivity index (χ4n) is 1.96. The minimum absolute atomic E-state index is 0.324. The molecule has 1 aromatic rings. The molecule has 1 atom stereocenters. The van der Waals surface area contributed by atoms with Crippen molar-refractivity contribution in [2.24, 2.45) is 0 Å². The van der Waals surface area contributed by atoms with Gasteiger partial charge >= 0.3 is 0 Å². The van der Waals surface area contributed by atoms with E-state index in [0.29, 0.717) is 12.3 Å². The second-order valence-corrected chi connectivity index (χ2v) is 4.65. The highest BCUT2D eigenvalue weighted by atomic mass is 79.9. The summed E-state index contributed by atoms with van der Waals surface area (Å²) in [7, 11) is 0. The number of fused-ring (bicyclic) bond motifs is 1. The van der Waals surface area contributed by atoms with Crippen LogP contribution in [0.2, 0.25) is 0 Å². The summed E-state index contributed by atoms with van der Waals surface area (Å²) in [5.41, 5.74) is 1.17. The Morgan fingerprint density at radius 1 is 1.53 bits per heavy atom. The van der Waals surface area contributed by atoms with Crippen molar-refractivity contribution >= 4 is 15.9 Å². The van der Waals surface area contributed by atoms with Crippen molar-refractivity contribution in [1.29, 1.82) is 5.26 Å². The predicted molar refractivity (Wildman–Crippen MR) is 61.8 cm³/mol. The monoisotopic (exact) mass is 265 g/mol. The van der Waals surface area contributed by atoms with Gasteiger partial charge in [0.15, 0.2) is 0 Å². The van der Waals surface area contributed by atoms with E-state index in [2.05, 4.69) is 28.1 Å². The molecule has 0 aromatic heterocycles. The zero-order valence-electron chi connectivity index (χ0n) is 8.37. The summed E-state index contributed by atoms with van der Waals surface area (Å²) in [4.78, 5) is 0. The van der Waals surface area contributed by atoms with Crippen LogP contribution in [0.3, 0.4) is 0 Å². The first-order valence-electron chi connectivity index (χ1n) is 5.10. The summed E-state index contributed by atoms with van der Waals surface area (Å²) in [6, 6.07) is 8.29. The number of hydrogen-bond donors (Lipinski definition) is 0. The molecule has 2 nitrogen and oxygen atoms in total. The molecule has 0 amide bonds. The van der Waals surface area contributed by atoms with Gasteiger partial charge in [0.25, 0.3) is 0 Å². The van der Waals surface area contributed by atoms with Crippen LogP contribution < -0.4 is 4.74 Å². The lowest BCUT2D eigenvalue weighted by Gasteiger charge is -2.13. The van der Waals surface area contributed by atoms with E-state index in [0.717, 1.165) is 29.7 Å². The van der Waals surface area contributed by atoms with Crippen molar-refractivity contribution in [1.82, 2.24) is 0 Å². The summed E-state index contributed by atoms with van der Waals surface area (Å²) in [6.07, 6.45) is 2.64. The molecule has 0 N–H and O–H groups in total. The molecule has 0 aliphatic carbocycles. The third-order valence-electron chi connectivity index (χ3n) is 2.70. The van der Waals surface area contributed by atoms with Gasteiger partial charge in [-0.3, -0.25) is 0 Å². The third kappa shape index (κ3) is 2.32. The van der Waals surface area contributed by atoms with Crippen LogP contribution in [0.5, 0.6) is 5.75 Å². The number of hydrogen-bond acceptors (Lipinski definition) is 2. The molecule has 3 heteroatoms. The topological polar surface area (TPSA) is 33.0 Å². The van der Waals surface area contributed by atoms with Crippen molar-refractivity contribution in [3.05, 3.63) is 28.2 Å². The molecule has 1 aliphatic heterocycles. The number of nitrogens with zero attached hydrogens (tertiary/aromatic N) is 1. The molecule has 78 valence electrons. The maximum atomic E-state index is 8.80. The van der Waals surface area contributed by atoms with E-state index < -0.39 is 0 Å². The van der Waals surface area contributed by atoms with Gasteiger partial charge in [0, 0.05) is 16.8 Å². The van der Waals surface area contributed by atoms with E-state index in [1.807, 2.05) is 12.1 Å². The molecular weight excluding hydrogens is 254 g/mol. The second kappa shape index (κ2) is 4.67. The molecule has 0 fully saturated rings. The Kier molecular flexibility index (Phi) is 3.27. The molecule has 1 unspecified atom stereocenters. The van der Waals surface area contributed by atoms with Gasteiger partial charge in [-0.1, -0.05) is 15.9 Å². The van der Waals surface area contributed by atoms with Crippen LogP contribution in [0.15, 0.2) is 22.7 Å². The fourth-order valence-corrected chi connectivity index (χ4v) is 2.34. The van der Waals surface area contributed by atoms with Crippen LogP contribution in [0.1, 0.15) is 30.7 Å². The van der Waals surface area contributed by atoms with E-state index in [-0.39, 0.29) is 0 Å². The van der Waals surface area contributed by atoms with Crippen LogP contribution in [0.4, 0.5) is 0 Å². The van der Waals surface area contributed by atoms with E-state index in [1.165, 1.54) is 5.56 Å². The van der Waals surface area contributed by atoms with Crippen molar-refractivity contribution in [3.63, 3.8) is 0 Å². The number of ether oxygens (including phenoxy) is 1. The van der Waals surface area contributed by atoms with Gasteiger partial charge in [0.2, 0.25) is 0 Å². The van der Waals surface area contributed by atoms with Crippen LogP contribution in [0.25, 0.3) is 0 Å². The predicted octanol–water partition coefficient (Wildman–Crippen LogP) is 3.62. The van der Waals surface area contributed by atoms with Gasteiger partial charge in [0.1, 0.15) is 5.75 Å². The van der Waals surface area contributed by atoms with Crippen molar-refractivity contribution in [2.45, 2.75) is 25.2 Å². The van der Waals surface area contributed by atoms with Crippen LogP contribution in [-0.4, -0.2) is 6.61 Å². The largest absolute Gasteiger partial charge is 0.493 e. The van der Waals surface area contributed by atoms with Gasteiger partial charge in [-0.2, -0.15) is 5.26 Å². The average molecular weight is 266 g/mol. The van der Waals surface area contributed by atoms with Crippen LogP contribution >= 0.6 is 15.9 Å². The van der Waals surface area contributed by atoms with E-state index in [1.54, 1.807) is 0 Å². The molecular formula is C12H12BrNO. The van der Waals surface area contributed by atoms with Crippen LogP contribution in [0, 0.1) is 11.3 Å².